The van der Waals surface area contributed by atoms with Gasteiger partial charge in [-0.1, -0.05) is 0 Å². The highest BCUT2D eigenvalue weighted by Crippen LogP contribution is 2.30. The van der Waals surface area contributed by atoms with Crippen LogP contribution in [0, 0.1) is 0 Å². The first-order valence-electron chi connectivity index (χ1n) is 5.08. The first-order valence-corrected chi connectivity index (χ1v) is 7.96. The summed E-state index contributed by atoms with van der Waals surface area (Å²) in [5, 5.41) is 0.494. The summed E-state index contributed by atoms with van der Waals surface area (Å²) >= 11 is 0. The summed E-state index contributed by atoms with van der Waals surface area (Å²) in [7, 11) is -9.02. The Morgan fingerprint density at radius 2 is 1.00 bits per heavy atom. The molecule has 0 radical (unpaired) electrons. The normalized spacial score (nSPS) is 12.7. The first-order chi connectivity index (χ1) is 9.00. The van der Waals surface area contributed by atoms with E-state index >= 15 is 0 Å². The number of nitrogen functional groups attached to an aromatic ring is 2. The number of hydrogen-bond donors (Lipinski definition) is 4. The lowest BCUT2D eigenvalue weighted by Crippen LogP contribution is -2.05. The van der Waals surface area contributed by atoms with Crippen molar-refractivity contribution in [1.29, 1.82) is 0 Å². The maximum absolute atomic E-state index is 11.1. The molecule has 108 valence electrons. The van der Waals surface area contributed by atoms with Gasteiger partial charge in [0.2, 0.25) is 0 Å². The molecule has 0 saturated heterocycles. The molecule has 0 aromatic heterocycles. The van der Waals surface area contributed by atoms with Crippen LogP contribution in [0.2, 0.25) is 0 Å². The fourth-order valence-corrected chi connectivity index (χ4v) is 3.06. The zero-order valence-electron chi connectivity index (χ0n) is 9.81. The zero-order chi connectivity index (χ0) is 15.3. The third kappa shape index (κ3) is 2.54. The predicted octanol–water partition coefficient (Wildman–Crippen LogP) is 0.498. The molecule has 0 atom stereocenters. The molecule has 0 aliphatic rings. The Bertz CT molecular complexity index is 841. The minimum atomic E-state index is -4.51. The molecule has 2 rings (SSSR count). The van der Waals surface area contributed by atoms with Crippen molar-refractivity contribution in [3.63, 3.8) is 0 Å². The molecule has 0 saturated carbocycles. The summed E-state index contributed by atoms with van der Waals surface area (Å²) in [4.78, 5) is -1.02. The molecule has 0 spiro atoms. The average Bonchev–Trinajstić information content (AvgIpc) is 2.25. The Balaban J connectivity index is 2.88. The van der Waals surface area contributed by atoms with Crippen LogP contribution in [0.15, 0.2) is 34.1 Å². The number of anilines is 2. The lowest BCUT2D eigenvalue weighted by atomic mass is 10.1. The number of nitrogens with two attached hydrogens (primary N) is 2. The van der Waals surface area contributed by atoms with Crippen LogP contribution in [0.5, 0.6) is 0 Å². The van der Waals surface area contributed by atoms with Crippen molar-refractivity contribution in [2.45, 2.75) is 9.79 Å². The molecule has 0 heterocycles. The molecule has 0 aliphatic heterocycles. The molecule has 2 aromatic carbocycles. The minimum absolute atomic E-state index is 0.247. The molecule has 6 N–H and O–H groups in total. The van der Waals surface area contributed by atoms with Crippen molar-refractivity contribution < 1.29 is 25.9 Å². The second kappa shape index (κ2) is 4.31. The van der Waals surface area contributed by atoms with Gasteiger partial charge in [-0.3, -0.25) is 9.11 Å². The van der Waals surface area contributed by atoms with E-state index in [1.165, 1.54) is 0 Å². The molecule has 0 amide bonds. The maximum Gasteiger partial charge on any atom is 0.296 e. The van der Waals surface area contributed by atoms with Crippen LogP contribution in [0.4, 0.5) is 11.4 Å². The highest BCUT2D eigenvalue weighted by molar-refractivity contribution is 7.86. The predicted molar refractivity (Wildman–Crippen MR) is 72.4 cm³/mol. The monoisotopic (exact) mass is 318 g/mol. The van der Waals surface area contributed by atoms with Gasteiger partial charge in [-0.2, -0.15) is 16.8 Å². The van der Waals surface area contributed by atoms with E-state index < -0.39 is 30.0 Å². The van der Waals surface area contributed by atoms with Crippen LogP contribution in [0.3, 0.4) is 0 Å². The van der Waals surface area contributed by atoms with Gasteiger partial charge in [0.1, 0.15) is 9.79 Å². The number of hydrogen-bond acceptors (Lipinski definition) is 6. The highest BCUT2D eigenvalue weighted by atomic mass is 32.2. The van der Waals surface area contributed by atoms with Gasteiger partial charge >= 0.3 is 0 Å². The summed E-state index contributed by atoms with van der Waals surface area (Å²) in [5.74, 6) is 0. The molecule has 0 unspecified atom stereocenters. The van der Waals surface area contributed by atoms with Crippen LogP contribution in [0.1, 0.15) is 0 Å². The first kappa shape index (κ1) is 14.5. The molecule has 0 aliphatic carbocycles. The van der Waals surface area contributed by atoms with E-state index in [0.717, 1.165) is 24.3 Å². The van der Waals surface area contributed by atoms with Crippen molar-refractivity contribution in [3.8, 4) is 0 Å². The Labute approximate surface area is 114 Å². The maximum atomic E-state index is 11.1. The summed E-state index contributed by atoms with van der Waals surface area (Å²) in [6, 6.07) is 4.44. The molecule has 0 bridgehead atoms. The molecular weight excluding hydrogens is 308 g/mol. The summed E-state index contributed by atoms with van der Waals surface area (Å²) < 4.78 is 62.5. The van der Waals surface area contributed by atoms with Crippen molar-refractivity contribution in [3.05, 3.63) is 24.3 Å². The van der Waals surface area contributed by atoms with Crippen LogP contribution in [-0.4, -0.2) is 25.9 Å². The minimum Gasteiger partial charge on any atom is -0.398 e. The largest absolute Gasteiger partial charge is 0.398 e. The highest BCUT2D eigenvalue weighted by Gasteiger charge is 2.18. The van der Waals surface area contributed by atoms with Gasteiger partial charge in [-0.15, -0.1) is 0 Å². The third-order valence-electron chi connectivity index (χ3n) is 2.65. The Kier molecular flexibility index (Phi) is 3.13. The van der Waals surface area contributed by atoms with Gasteiger partial charge in [0.25, 0.3) is 20.2 Å². The standard InChI is InChI=1S/C10H10N2O6S2/c11-7-1-5-3-10(20(16,17)18)8(12)2-6(5)4-9(7)19(13,14)15/h1-4H,11-12H2,(H,13,14,15)(H,16,17,18). The van der Waals surface area contributed by atoms with Gasteiger partial charge in [-0.05, 0) is 35.0 Å². The van der Waals surface area contributed by atoms with Crippen LogP contribution in [0.25, 0.3) is 10.8 Å². The number of rotatable bonds is 2. The van der Waals surface area contributed by atoms with E-state index in [1.807, 2.05) is 0 Å². The van der Waals surface area contributed by atoms with Gasteiger partial charge in [-0.25, -0.2) is 0 Å². The summed E-state index contributed by atoms with van der Waals surface area (Å²) in [6.45, 7) is 0. The topological polar surface area (TPSA) is 161 Å². The van der Waals surface area contributed by atoms with E-state index in [-0.39, 0.29) is 22.1 Å². The van der Waals surface area contributed by atoms with E-state index in [9.17, 15) is 16.8 Å². The van der Waals surface area contributed by atoms with Crippen LogP contribution in [-0.2, 0) is 20.2 Å². The van der Waals surface area contributed by atoms with Crippen molar-refractivity contribution in [1.82, 2.24) is 0 Å². The van der Waals surface area contributed by atoms with Crippen LogP contribution < -0.4 is 11.5 Å². The number of fused-ring (bicyclic) bond motifs is 1. The quantitative estimate of drug-likeness (QED) is 0.459. The van der Waals surface area contributed by atoms with Gasteiger partial charge < -0.3 is 11.5 Å². The molecular formula is C10H10N2O6S2. The van der Waals surface area contributed by atoms with Crippen molar-refractivity contribution >= 4 is 42.4 Å². The molecule has 8 nitrogen and oxygen atoms in total. The Hall–Kier alpha value is -1.88. The van der Waals surface area contributed by atoms with Crippen LogP contribution >= 0.6 is 0 Å². The van der Waals surface area contributed by atoms with Crippen molar-refractivity contribution in [2.75, 3.05) is 11.5 Å². The van der Waals surface area contributed by atoms with Crippen molar-refractivity contribution in [2.24, 2.45) is 0 Å². The second-order valence-corrected chi connectivity index (χ2v) is 6.86. The average molecular weight is 318 g/mol. The molecule has 10 heteroatoms. The molecule has 2 aromatic rings. The lowest BCUT2D eigenvalue weighted by molar-refractivity contribution is 0.481. The van der Waals surface area contributed by atoms with Gasteiger partial charge in [0.05, 0.1) is 11.4 Å². The smallest absolute Gasteiger partial charge is 0.296 e. The lowest BCUT2D eigenvalue weighted by Gasteiger charge is -2.08. The summed E-state index contributed by atoms with van der Waals surface area (Å²) in [5.41, 5.74) is 10.5. The Morgan fingerprint density at radius 3 is 1.25 bits per heavy atom. The van der Waals surface area contributed by atoms with E-state index in [2.05, 4.69) is 0 Å². The van der Waals surface area contributed by atoms with Gasteiger partial charge in [0, 0.05) is 0 Å². The summed E-state index contributed by atoms with van der Waals surface area (Å²) in [6.07, 6.45) is 0. The fraction of sp³-hybridized carbons (Fsp3) is 0. The number of benzene rings is 2. The van der Waals surface area contributed by atoms with E-state index in [1.54, 1.807) is 0 Å². The Morgan fingerprint density at radius 1 is 0.700 bits per heavy atom. The third-order valence-corrected chi connectivity index (χ3v) is 4.47. The SMILES string of the molecule is Nc1cc2cc(S(=O)(=O)O)c(N)cc2cc1S(=O)(=O)O. The van der Waals surface area contributed by atoms with E-state index in [4.69, 9.17) is 20.6 Å². The second-order valence-electron chi connectivity index (χ2n) is 4.08. The van der Waals surface area contributed by atoms with Gasteiger partial charge in [0.15, 0.2) is 0 Å². The molecule has 20 heavy (non-hydrogen) atoms. The zero-order valence-corrected chi connectivity index (χ0v) is 11.4. The van der Waals surface area contributed by atoms with E-state index in [0.29, 0.717) is 0 Å². The fourth-order valence-electron chi connectivity index (χ4n) is 1.79. The molecule has 0 fully saturated rings.